The van der Waals surface area contributed by atoms with Gasteiger partial charge in [0.15, 0.2) is 5.82 Å². The lowest BCUT2D eigenvalue weighted by molar-refractivity contribution is 0.291. The second-order valence-electron chi connectivity index (χ2n) is 4.61. The lowest BCUT2D eigenvalue weighted by Gasteiger charge is -2.25. The molecule has 0 saturated carbocycles. The molecule has 0 radical (unpaired) electrons. The quantitative estimate of drug-likeness (QED) is 0.758. The average molecular weight is 238 g/mol. The van der Waals surface area contributed by atoms with Gasteiger partial charge in [0.25, 0.3) is 0 Å². The van der Waals surface area contributed by atoms with E-state index in [-0.39, 0.29) is 0 Å². The zero-order valence-electron chi connectivity index (χ0n) is 10.8. The van der Waals surface area contributed by atoms with Gasteiger partial charge in [0.1, 0.15) is 0 Å². The molecule has 2 rings (SSSR count). The first-order valence-electron chi connectivity index (χ1n) is 6.56. The monoisotopic (exact) mass is 238 g/mol. The molecule has 0 bridgehead atoms. The molecule has 0 amide bonds. The number of hydrogen-bond donors (Lipinski definition) is 1. The third-order valence-electron chi connectivity index (χ3n) is 3.39. The lowest BCUT2D eigenvalue weighted by Crippen LogP contribution is -2.43. The van der Waals surface area contributed by atoms with Crippen molar-refractivity contribution in [2.75, 3.05) is 32.7 Å². The Morgan fingerprint density at radius 1 is 1.35 bits per heavy atom. The largest absolute Gasteiger partial charge is 0.339 e. The first kappa shape index (κ1) is 12.5. The molecule has 0 unspecified atom stereocenters. The van der Waals surface area contributed by atoms with E-state index in [1.54, 1.807) is 0 Å². The number of likely N-dealkylation sites (N-methyl/N-ethyl adjacent to an activating group) is 1. The molecule has 17 heavy (non-hydrogen) atoms. The van der Waals surface area contributed by atoms with E-state index in [1.807, 2.05) is 0 Å². The molecule has 1 aromatic rings. The molecule has 1 aromatic heterocycles. The van der Waals surface area contributed by atoms with Crippen LogP contribution in [0.25, 0.3) is 0 Å². The number of rotatable bonds is 7. The zero-order valence-corrected chi connectivity index (χ0v) is 10.8. The van der Waals surface area contributed by atoms with E-state index in [0.29, 0.717) is 5.92 Å². The van der Waals surface area contributed by atoms with Crippen molar-refractivity contribution in [1.82, 2.24) is 20.4 Å². The fourth-order valence-electron chi connectivity index (χ4n) is 2.01. The minimum Gasteiger partial charge on any atom is -0.339 e. The van der Waals surface area contributed by atoms with Crippen LogP contribution in [0.5, 0.6) is 0 Å². The van der Waals surface area contributed by atoms with Crippen LogP contribution in [0, 0.1) is 5.92 Å². The van der Waals surface area contributed by atoms with E-state index in [1.165, 1.54) is 0 Å². The maximum atomic E-state index is 5.26. The SMILES string of the molecule is CCN(CC)CCc1noc(CC2CNC2)n1. The highest BCUT2D eigenvalue weighted by Gasteiger charge is 2.20. The zero-order chi connectivity index (χ0) is 12.1. The van der Waals surface area contributed by atoms with Crippen molar-refractivity contribution in [2.45, 2.75) is 26.7 Å². The predicted octanol–water partition coefficient (Wildman–Crippen LogP) is 0.716. The summed E-state index contributed by atoms with van der Waals surface area (Å²) in [5, 5.41) is 7.28. The van der Waals surface area contributed by atoms with Crippen LogP contribution in [0.15, 0.2) is 4.52 Å². The first-order chi connectivity index (χ1) is 8.31. The van der Waals surface area contributed by atoms with Crippen molar-refractivity contribution >= 4 is 0 Å². The summed E-state index contributed by atoms with van der Waals surface area (Å²) in [7, 11) is 0. The van der Waals surface area contributed by atoms with Gasteiger partial charge in [-0.2, -0.15) is 4.98 Å². The highest BCUT2D eigenvalue weighted by Crippen LogP contribution is 2.11. The van der Waals surface area contributed by atoms with E-state index in [0.717, 1.165) is 57.3 Å². The van der Waals surface area contributed by atoms with Crippen LogP contribution in [0.2, 0.25) is 0 Å². The molecule has 1 fully saturated rings. The molecule has 0 aromatic carbocycles. The minimum atomic E-state index is 0.686. The standard InChI is InChI=1S/C12H22N4O/c1-3-16(4-2)6-5-11-14-12(17-15-11)7-10-8-13-9-10/h10,13H,3-9H2,1-2H3. The van der Waals surface area contributed by atoms with Crippen molar-refractivity contribution in [3.63, 3.8) is 0 Å². The van der Waals surface area contributed by atoms with Gasteiger partial charge in [-0.1, -0.05) is 19.0 Å². The Bertz CT molecular complexity index is 331. The van der Waals surface area contributed by atoms with Crippen molar-refractivity contribution in [3.05, 3.63) is 11.7 Å². The van der Waals surface area contributed by atoms with Crippen LogP contribution in [-0.2, 0) is 12.8 Å². The predicted molar refractivity (Wildman–Crippen MR) is 65.9 cm³/mol. The number of nitrogens with one attached hydrogen (secondary N) is 1. The summed E-state index contributed by atoms with van der Waals surface area (Å²) >= 11 is 0. The maximum absolute atomic E-state index is 5.26. The molecule has 0 atom stereocenters. The average Bonchev–Trinajstić information content (AvgIpc) is 2.73. The van der Waals surface area contributed by atoms with Crippen LogP contribution in [-0.4, -0.2) is 47.8 Å². The highest BCUT2D eigenvalue weighted by atomic mass is 16.5. The van der Waals surface area contributed by atoms with Gasteiger partial charge in [0, 0.05) is 19.4 Å². The fourth-order valence-corrected chi connectivity index (χ4v) is 2.01. The van der Waals surface area contributed by atoms with E-state index in [9.17, 15) is 0 Å². The van der Waals surface area contributed by atoms with Gasteiger partial charge in [-0.05, 0) is 32.1 Å². The number of nitrogens with zero attached hydrogens (tertiary/aromatic N) is 3. The Kier molecular flexibility index (Phi) is 4.50. The van der Waals surface area contributed by atoms with Crippen LogP contribution in [0.4, 0.5) is 0 Å². The normalized spacial score (nSPS) is 16.4. The summed E-state index contributed by atoms with van der Waals surface area (Å²) in [6.45, 7) is 9.68. The summed E-state index contributed by atoms with van der Waals surface area (Å²) in [6.07, 6.45) is 1.80. The molecule has 5 heteroatoms. The molecule has 1 aliphatic rings. The summed E-state index contributed by atoms with van der Waals surface area (Å²) in [5.74, 6) is 2.33. The molecular formula is C12H22N4O. The van der Waals surface area contributed by atoms with Gasteiger partial charge in [0.2, 0.25) is 5.89 Å². The van der Waals surface area contributed by atoms with Crippen LogP contribution in [0.1, 0.15) is 25.6 Å². The molecule has 0 spiro atoms. The Balaban J connectivity index is 1.76. The minimum absolute atomic E-state index is 0.686. The smallest absolute Gasteiger partial charge is 0.227 e. The van der Waals surface area contributed by atoms with Gasteiger partial charge >= 0.3 is 0 Å². The Labute approximate surface area is 103 Å². The van der Waals surface area contributed by atoms with E-state index in [2.05, 4.69) is 34.2 Å². The molecule has 2 heterocycles. The van der Waals surface area contributed by atoms with E-state index < -0.39 is 0 Å². The molecule has 5 nitrogen and oxygen atoms in total. The molecule has 1 saturated heterocycles. The molecular weight excluding hydrogens is 216 g/mol. The van der Waals surface area contributed by atoms with Crippen molar-refractivity contribution in [2.24, 2.45) is 5.92 Å². The molecule has 1 aliphatic heterocycles. The number of hydrogen-bond acceptors (Lipinski definition) is 5. The second-order valence-corrected chi connectivity index (χ2v) is 4.61. The fraction of sp³-hybridized carbons (Fsp3) is 0.833. The van der Waals surface area contributed by atoms with Gasteiger partial charge < -0.3 is 14.7 Å². The number of aromatic nitrogens is 2. The Morgan fingerprint density at radius 2 is 2.12 bits per heavy atom. The van der Waals surface area contributed by atoms with Gasteiger partial charge in [-0.15, -0.1) is 0 Å². The Morgan fingerprint density at radius 3 is 2.71 bits per heavy atom. The lowest BCUT2D eigenvalue weighted by atomic mass is 10.00. The summed E-state index contributed by atoms with van der Waals surface area (Å²) in [5.41, 5.74) is 0. The Hall–Kier alpha value is -0.940. The topological polar surface area (TPSA) is 54.2 Å². The van der Waals surface area contributed by atoms with Crippen LogP contribution >= 0.6 is 0 Å². The summed E-state index contributed by atoms with van der Waals surface area (Å²) < 4.78 is 5.26. The van der Waals surface area contributed by atoms with Gasteiger partial charge in [0.05, 0.1) is 0 Å². The van der Waals surface area contributed by atoms with Gasteiger partial charge in [-0.25, -0.2) is 0 Å². The van der Waals surface area contributed by atoms with Crippen LogP contribution in [0.3, 0.4) is 0 Å². The third kappa shape index (κ3) is 3.51. The molecule has 1 N–H and O–H groups in total. The second kappa shape index (κ2) is 6.12. The van der Waals surface area contributed by atoms with E-state index >= 15 is 0 Å². The van der Waals surface area contributed by atoms with Crippen molar-refractivity contribution in [1.29, 1.82) is 0 Å². The van der Waals surface area contributed by atoms with Crippen molar-refractivity contribution < 1.29 is 4.52 Å². The third-order valence-corrected chi connectivity index (χ3v) is 3.39. The van der Waals surface area contributed by atoms with Gasteiger partial charge in [-0.3, -0.25) is 0 Å². The molecule has 96 valence electrons. The summed E-state index contributed by atoms with van der Waals surface area (Å²) in [4.78, 5) is 6.81. The van der Waals surface area contributed by atoms with Crippen LogP contribution < -0.4 is 5.32 Å². The van der Waals surface area contributed by atoms with Crippen molar-refractivity contribution in [3.8, 4) is 0 Å². The van der Waals surface area contributed by atoms with E-state index in [4.69, 9.17) is 4.52 Å². The molecule has 0 aliphatic carbocycles. The maximum Gasteiger partial charge on any atom is 0.227 e. The first-order valence-corrected chi connectivity index (χ1v) is 6.56. The summed E-state index contributed by atoms with van der Waals surface area (Å²) in [6, 6.07) is 0. The highest BCUT2D eigenvalue weighted by molar-refractivity contribution is 4.91.